The maximum atomic E-state index is 10.9. The van der Waals surface area contributed by atoms with Crippen LogP contribution in [0, 0.1) is 10.8 Å². The number of fused-ring (bicyclic) bond motifs is 1. The SMILES string of the molecule is CC(=C/C=C/C(C)=C/C=C/C=C(C)/C=C/C=C(\C)C=C=C1C(C)(C)C[C@H](O)C[C@@]1(C)O)/C=C/[C@@]12O[C@]1(C)C[C@@H](O)CC2(C)C. The highest BCUT2D eigenvalue weighted by molar-refractivity contribution is 5.37. The summed E-state index contributed by atoms with van der Waals surface area (Å²) in [6, 6.07) is 0. The summed E-state index contributed by atoms with van der Waals surface area (Å²) in [5, 5.41) is 31.2. The number of hydrogen-bond acceptors (Lipinski definition) is 4. The highest BCUT2D eigenvalue weighted by Crippen LogP contribution is 2.66. The third-order valence-corrected chi connectivity index (χ3v) is 9.39. The lowest BCUT2D eigenvalue weighted by Gasteiger charge is -2.43. The number of hydrogen-bond donors (Lipinski definition) is 3. The molecular weight excluding hydrogens is 544 g/mol. The Morgan fingerprint density at radius 1 is 0.682 bits per heavy atom. The lowest BCUT2D eigenvalue weighted by Crippen LogP contribution is -2.46. The Bertz CT molecular complexity index is 1360. The molecule has 0 aromatic heterocycles. The van der Waals surface area contributed by atoms with Crippen molar-refractivity contribution < 1.29 is 20.1 Å². The zero-order chi connectivity index (χ0) is 33.0. The van der Waals surface area contributed by atoms with Crippen molar-refractivity contribution in [2.75, 3.05) is 0 Å². The van der Waals surface area contributed by atoms with E-state index in [1.54, 1.807) is 6.92 Å². The molecule has 0 amide bonds. The predicted octanol–water partition coefficient (Wildman–Crippen LogP) is 8.72. The molecule has 240 valence electrons. The molecule has 3 fully saturated rings. The predicted molar refractivity (Wildman–Crippen MR) is 184 cm³/mol. The zero-order valence-corrected chi connectivity index (χ0v) is 28.7. The van der Waals surface area contributed by atoms with Crippen molar-refractivity contribution in [3.63, 3.8) is 0 Å². The van der Waals surface area contributed by atoms with Gasteiger partial charge in [0.2, 0.25) is 0 Å². The van der Waals surface area contributed by atoms with Gasteiger partial charge in [0.25, 0.3) is 0 Å². The molecule has 2 saturated carbocycles. The Balaban J connectivity index is 1.53. The van der Waals surface area contributed by atoms with Crippen molar-refractivity contribution in [1.82, 2.24) is 0 Å². The lowest BCUT2D eigenvalue weighted by molar-refractivity contribution is -0.0268. The molecular formula is C40H56O4. The zero-order valence-electron chi connectivity index (χ0n) is 28.7. The fourth-order valence-electron chi connectivity index (χ4n) is 7.25. The Hall–Kier alpha value is -2.72. The van der Waals surface area contributed by atoms with Crippen LogP contribution in [0.5, 0.6) is 0 Å². The molecule has 5 atom stereocenters. The molecule has 1 aliphatic heterocycles. The number of ether oxygens (including phenoxy) is 1. The summed E-state index contributed by atoms with van der Waals surface area (Å²) >= 11 is 0. The van der Waals surface area contributed by atoms with Crippen LogP contribution in [-0.2, 0) is 4.74 Å². The molecule has 1 saturated heterocycles. The normalized spacial score (nSPS) is 34.7. The first kappa shape index (κ1) is 35.8. The minimum Gasteiger partial charge on any atom is -0.393 e. The smallest absolute Gasteiger partial charge is 0.121 e. The minimum absolute atomic E-state index is 0.103. The molecule has 44 heavy (non-hydrogen) atoms. The quantitative estimate of drug-likeness (QED) is 0.141. The molecule has 0 spiro atoms. The summed E-state index contributed by atoms with van der Waals surface area (Å²) in [7, 11) is 0. The van der Waals surface area contributed by atoms with E-state index in [1.165, 1.54) is 0 Å². The first-order valence-electron chi connectivity index (χ1n) is 16.0. The maximum absolute atomic E-state index is 10.9. The molecule has 0 aromatic rings. The van der Waals surface area contributed by atoms with Gasteiger partial charge in [-0.3, -0.25) is 0 Å². The molecule has 0 unspecified atom stereocenters. The molecule has 0 radical (unpaired) electrons. The third-order valence-electron chi connectivity index (χ3n) is 9.39. The van der Waals surface area contributed by atoms with Gasteiger partial charge >= 0.3 is 0 Å². The Morgan fingerprint density at radius 3 is 1.73 bits per heavy atom. The number of aliphatic hydroxyl groups is 3. The first-order chi connectivity index (χ1) is 20.3. The van der Waals surface area contributed by atoms with E-state index < -0.39 is 11.7 Å². The van der Waals surface area contributed by atoms with Gasteiger partial charge in [0, 0.05) is 23.8 Å². The van der Waals surface area contributed by atoms with E-state index in [0.29, 0.717) is 19.3 Å². The van der Waals surface area contributed by atoms with Crippen LogP contribution < -0.4 is 0 Å². The van der Waals surface area contributed by atoms with E-state index in [2.05, 4.69) is 110 Å². The van der Waals surface area contributed by atoms with Crippen LogP contribution >= 0.6 is 0 Å². The molecule has 3 N–H and O–H groups in total. The molecule has 0 bridgehead atoms. The Labute approximate surface area is 267 Å². The van der Waals surface area contributed by atoms with Gasteiger partial charge in [-0.15, -0.1) is 5.73 Å². The first-order valence-corrected chi connectivity index (χ1v) is 16.0. The third kappa shape index (κ3) is 8.71. The minimum atomic E-state index is -1.05. The van der Waals surface area contributed by atoms with Gasteiger partial charge in [0.15, 0.2) is 0 Å². The van der Waals surface area contributed by atoms with Crippen LogP contribution in [0.4, 0.5) is 0 Å². The summed E-state index contributed by atoms with van der Waals surface area (Å²) in [5.41, 5.74) is 6.63. The van der Waals surface area contributed by atoms with E-state index in [-0.39, 0.29) is 28.1 Å². The van der Waals surface area contributed by atoms with Gasteiger partial charge in [0.1, 0.15) is 11.2 Å². The average Bonchev–Trinajstić information content (AvgIpc) is 3.49. The monoisotopic (exact) mass is 600 g/mol. The van der Waals surface area contributed by atoms with Crippen molar-refractivity contribution in [3.8, 4) is 0 Å². The van der Waals surface area contributed by atoms with Crippen LogP contribution in [0.3, 0.4) is 0 Å². The van der Waals surface area contributed by atoms with Crippen molar-refractivity contribution in [1.29, 1.82) is 0 Å². The van der Waals surface area contributed by atoms with Gasteiger partial charge in [0.05, 0.1) is 17.8 Å². The average molecular weight is 601 g/mol. The molecule has 3 rings (SSSR count). The van der Waals surface area contributed by atoms with Gasteiger partial charge < -0.3 is 20.1 Å². The summed E-state index contributed by atoms with van der Waals surface area (Å²) in [5.74, 6) is 0. The van der Waals surface area contributed by atoms with E-state index in [0.717, 1.165) is 34.3 Å². The number of aliphatic hydroxyl groups excluding tert-OH is 2. The number of allylic oxidation sites excluding steroid dienone is 15. The van der Waals surface area contributed by atoms with Crippen LogP contribution in [0.15, 0.2) is 113 Å². The van der Waals surface area contributed by atoms with E-state index >= 15 is 0 Å². The molecule has 4 nitrogen and oxygen atoms in total. The van der Waals surface area contributed by atoms with Crippen molar-refractivity contribution >= 4 is 0 Å². The van der Waals surface area contributed by atoms with Gasteiger partial charge in [-0.1, -0.05) is 111 Å². The lowest BCUT2D eigenvalue weighted by atomic mass is 9.63. The number of rotatable bonds is 9. The second-order valence-corrected chi connectivity index (χ2v) is 15.0. The van der Waals surface area contributed by atoms with Crippen LogP contribution in [0.2, 0.25) is 0 Å². The van der Waals surface area contributed by atoms with E-state index in [9.17, 15) is 15.3 Å². The molecule has 2 aliphatic carbocycles. The van der Waals surface area contributed by atoms with E-state index in [1.807, 2.05) is 37.3 Å². The van der Waals surface area contributed by atoms with Gasteiger partial charge in [-0.05, 0) is 77.5 Å². The fraction of sp³-hybridized carbons (Fsp3) is 0.525. The van der Waals surface area contributed by atoms with Crippen LogP contribution in [0.1, 0.15) is 94.9 Å². The van der Waals surface area contributed by atoms with Crippen molar-refractivity contribution in [3.05, 3.63) is 113 Å². The summed E-state index contributed by atoms with van der Waals surface area (Å²) in [4.78, 5) is 0. The van der Waals surface area contributed by atoms with Crippen molar-refractivity contribution in [2.24, 2.45) is 10.8 Å². The fourth-order valence-corrected chi connectivity index (χ4v) is 7.25. The summed E-state index contributed by atoms with van der Waals surface area (Å²) < 4.78 is 6.24. The van der Waals surface area contributed by atoms with Crippen LogP contribution in [-0.4, -0.2) is 44.3 Å². The standard InChI is InChI=1S/C40H56O4/c1-29(17-13-19-31(3)21-22-35-36(5,6)25-33(41)27-38(35,9)43)15-11-12-16-30(2)18-14-20-32(4)23-24-40-37(7,8)26-34(42)28-39(40,10)44-40/h11-21,23-24,33-34,41-43H,25-28H2,1-10H3/b12-11+,17-13+,18-14+,24-23+,29-15+,30-16+,31-19+,32-20-/t22?,33-,34-,38+,39+,40-/m0/s1. The second-order valence-electron chi connectivity index (χ2n) is 15.0. The summed E-state index contributed by atoms with van der Waals surface area (Å²) in [6.45, 7) is 20.6. The second kappa shape index (κ2) is 13.7. The van der Waals surface area contributed by atoms with Gasteiger partial charge in [-0.2, -0.15) is 0 Å². The Kier molecular flexibility index (Phi) is 11.2. The Morgan fingerprint density at radius 2 is 1.18 bits per heavy atom. The summed E-state index contributed by atoms with van der Waals surface area (Å²) in [6.07, 6.45) is 28.5. The molecule has 3 aliphatic rings. The largest absolute Gasteiger partial charge is 0.393 e. The van der Waals surface area contributed by atoms with Gasteiger partial charge in [-0.25, -0.2) is 0 Å². The highest BCUT2D eigenvalue weighted by Gasteiger charge is 2.74. The number of epoxide rings is 1. The molecule has 0 aromatic carbocycles. The maximum Gasteiger partial charge on any atom is 0.121 e. The van der Waals surface area contributed by atoms with Crippen molar-refractivity contribution in [2.45, 2.75) is 124 Å². The molecule has 4 heteroatoms. The van der Waals surface area contributed by atoms with E-state index in [4.69, 9.17) is 4.74 Å². The molecule has 1 heterocycles. The van der Waals surface area contributed by atoms with Crippen LogP contribution in [0.25, 0.3) is 0 Å². The highest BCUT2D eigenvalue weighted by atomic mass is 16.6. The topological polar surface area (TPSA) is 73.2 Å².